The van der Waals surface area contributed by atoms with E-state index in [-0.39, 0.29) is 31.1 Å². The number of carbonyl (C=O) groups is 3. The predicted octanol–water partition coefficient (Wildman–Crippen LogP) is 19.0. The first kappa shape index (κ1) is 63.8. The minimum atomic E-state index is -0.789. The molecule has 6 nitrogen and oxygen atoms in total. The second-order valence-corrected chi connectivity index (χ2v) is 18.8. The highest BCUT2D eigenvalue weighted by atomic mass is 16.6. The van der Waals surface area contributed by atoms with E-state index >= 15 is 0 Å². The summed E-state index contributed by atoms with van der Waals surface area (Å²) in [6, 6.07) is 0. The lowest BCUT2D eigenvalue weighted by Crippen LogP contribution is -2.30. The normalized spacial score (nSPS) is 12.6. The molecular weight excluding hydrogens is 829 g/mol. The number of ether oxygens (including phenoxy) is 3. The molecule has 0 rings (SSSR count). The summed E-state index contributed by atoms with van der Waals surface area (Å²) in [6.07, 6.45) is 70.3. The minimum Gasteiger partial charge on any atom is -0.462 e. The number of unbranched alkanes of at least 4 members (excludes halogenated alkanes) is 28. The van der Waals surface area contributed by atoms with Gasteiger partial charge >= 0.3 is 17.9 Å². The van der Waals surface area contributed by atoms with Gasteiger partial charge in [-0.3, -0.25) is 14.4 Å². The molecular formula is C61H106O6. The Bertz CT molecular complexity index is 1260. The van der Waals surface area contributed by atoms with Crippen LogP contribution in [0, 0.1) is 0 Å². The fourth-order valence-electron chi connectivity index (χ4n) is 7.89. The fraction of sp³-hybridized carbons (Fsp3) is 0.754. The molecule has 0 amide bonds. The summed E-state index contributed by atoms with van der Waals surface area (Å²) in [7, 11) is 0. The molecule has 1 atom stereocenters. The number of hydrogen-bond acceptors (Lipinski definition) is 6. The van der Waals surface area contributed by atoms with Crippen LogP contribution in [0.25, 0.3) is 0 Å². The molecule has 0 saturated carbocycles. The second kappa shape index (κ2) is 55.4. The molecule has 1 unspecified atom stereocenters. The highest BCUT2D eigenvalue weighted by molar-refractivity contribution is 5.71. The van der Waals surface area contributed by atoms with E-state index in [2.05, 4.69) is 93.7 Å². The third kappa shape index (κ3) is 53.7. The quantitative estimate of drug-likeness (QED) is 0.0262. The summed E-state index contributed by atoms with van der Waals surface area (Å²) < 4.78 is 16.8. The lowest BCUT2D eigenvalue weighted by molar-refractivity contribution is -0.167. The van der Waals surface area contributed by atoms with Crippen LogP contribution >= 0.6 is 0 Å². The summed E-state index contributed by atoms with van der Waals surface area (Å²) in [4.78, 5) is 38.1. The van der Waals surface area contributed by atoms with Crippen molar-refractivity contribution in [2.75, 3.05) is 13.2 Å². The number of carbonyl (C=O) groups excluding carboxylic acids is 3. The summed E-state index contributed by atoms with van der Waals surface area (Å²) >= 11 is 0. The van der Waals surface area contributed by atoms with Crippen molar-refractivity contribution in [1.29, 1.82) is 0 Å². The number of rotatable bonds is 51. The van der Waals surface area contributed by atoms with Crippen molar-refractivity contribution >= 4 is 17.9 Å². The monoisotopic (exact) mass is 935 g/mol. The zero-order chi connectivity index (χ0) is 48.6. The Kier molecular flexibility index (Phi) is 52.8. The van der Waals surface area contributed by atoms with Crippen molar-refractivity contribution in [2.45, 2.75) is 284 Å². The largest absolute Gasteiger partial charge is 0.462 e. The lowest BCUT2D eigenvalue weighted by Gasteiger charge is -2.18. The zero-order valence-corrected chi connectivity index (χ0v) is 44.2. The predicted molar refractivity (Wildman–Crippen MR) is 288 cm³/mol. The Morgan fingerprint density at radius 2 is 0.582 bits per heavy atom. The van der Waals surface area contributed by atoms with Crippen LogP contribution in [-0.2, 0) is 28.6 Å². The maximum atomic E-state index is 12.8. The zero-order valence-electron chi connectivity index (χ0n) is 44.2. The number of hydrogen-bond donors (Lipinski definition) is 0. The van der Waals surface area contributed by atoms with Gasteiger partial charge in [0.1, 0.15) is 13.2 Å². The van der Waals surface area contributed by atoms with E-state index < -0.39 is 6.10 Å². The van der Waals surface area contributed by atoms with Crippen molar-refractivity contribution < 1.29 is 28.6 Å². The molecule has 0 spiro atoms. The number of esters is 3. The van der Waals surface area contributed by atoms with Gasteiger partial charge < -0.3 is 14.2 Å². The highest BCUT2D eigenvalue weighted by Crippen LogP contribution is 2.14. The van der Waals surface area contributed by atoms with E-state index in [9.17, 15) is 14.4 Å². The lowest BCUT2D eigenvalue weighted by atomic mass is 10.1. The van der Waals surface area contributed by atoms with E-state index in [0.717, 1.165) is 109 Å². The van der Waals surface area contributed by atoms with Crippen LogP contribution in [0.3, 0.4) is 0 Å². The van der Waals surface area contributed by atoms with Gasteiger partial charge in [0, 0.05) is 19.3 Å². The Morgan fingerprint density at radius 3 is 0.925 bits per heavy atom. The minimum absolute atomic E-state index is 0.0871. The van der Waals surface area contributed by atoms with E-state index in [1.165, 1.54) is 128 Å². The Morgan fingerprint density at radius 1 is 0.313 bits per heavy atom. The van der Waals surface area contributed by atoms with Gasteiger partial charge in [-0.2, -0.15) is 0 Å². The van der Waals surface area contributed by atoms with Crippen LogP contribution in [0.4, 0.5) is 0 Å². The molecule has 0 aromatic carbocycles. The molecule has 0 fully saturated rings. The summed E-state index contributed by atoms with van der Waals surface area (Å²) in [5.74, 6) is -0.910. The van der Waals surface area contributed by atoms with Crippen molar-refractivity contribution in [3.05, 3.63) is 72.9 Å². The Labute approximate surface area is 414 Å². The fourth-order valence-corrected chi connectivity index (χ4v) is 7.89. The van der Waals surface area contributed by atoms with Crippen molar-refractivity contribution in [2.24, 2.45) is 0 Å². The first-order chi connectivity index (χ1) is 33.0. The van der Waals surface area contributed by atoms with Crippen molar-refractivity contribution in [3.8, 4) is 0 Å². The van der Waals surface area contributed by atoms with Gasteiger partial charge in [-0.1, -0.05) is 222 Å². The average Bonchev–Trinajstić information content (AvgIpc) is 3.33. The molecule has 0 aliphatic heterocycles. The standard InChI is InChI=1S/C61H106O6/c1-4-7-10-13-16-19-22-25-28-29-30-31-34-36-39-42-45-48-51-54-60(63)66-57-58(67-61(64)55-52-49-46-43-40-37-33-27-24-21-18-15-12-9-6-3)56-65-59(62)53-50-47-44-41-38-35-32-26-23-20-17-14-11-8-5-2/h7,10,16,19,25-28,30-33,58H,4-6,8-9,11-15,17-18,20-24,29,34-57H2,1-3H3/b10-7-,19-16-,28-25-,31-30-,32-26-,33-27-. The molecule has 0 aliphatic carbocycles. The second-order valence-electron chi connectivity index (χ2n) is 18.8. The van der Waals surface area contributed by atoms with Crippen molar-refractivity contribution in [3.63, 3.8) is 0 Å². The van der Waals surface area contributed by atoms with Gasteiger partial charge in [0.05, 0.1) is 0 Å². The van der Waals surface area contributed by atoms with E-state index in [1.807, 2.05) is 0 Å². The third-order valence-electron chi connectivity index (χ3n) is 12.2. The molecule has 0 N–H and O–H groups in total. The van der Waals surface area contributed by atoms with Gasteiger partial charge in [0.25, 0.3) is 0 Å². The highest BCUT2D eigenvalue weighted by Gasteiger charge is 2.19. The Balaban J connectivity index is 4.42. The number of allylic oxidation sites excluding steroid dienone is 12. The van der Waals surface area contributed by atoms with E-state index in [1.54, 1.807) is 0 Å². The van der Waals surface area contributed by atoms with E-state index in [4.69, 9.17) is 14.2 Å². The SMILES string of the molecule is CC/C=C\C/C=C\C/C=C\C/C=C\CCCCCCCCC(=O)OCC(COC(=O)CCCCCCC/C=C\CCCCCCCC)OC(=O)CCCCCCC/C=C\CCCCCCCC. The molecule has 0 radical (unpaired) electrons. The molecule has 0 aromatic heterocycles. The molecule has 67 heavy (non-hydrogen) atoms. The topological polar surface area (TPSA) is 78.9 Å². The Hall–Kier alpha value is -3.15. The smallest absolute Gasteiger partial charge is 0.306 e. The van der Waals surface area contributed by atoms with Gasteiger partial charge in [-0.15, -0.1) is 0 Å². The molecule has 0 saturated heterocycles. The van der Waals surface area contributed by atoms with Crippen LogP contribution in [0.15, 0.2) is 72.9 Å². The molecule has 386 valence electrons. The van der Waals surface area contributed by atoms with Crippen LogP contribution in [-0.4, -0.2) is 37.2 Å². The van der Waals surface area contributed by atoms with Gasteiger partial charge in [0.2, 0.25) is 0 Å². The summed E-state index contributed by atoms with van der Waals surface area (Å²) in [6.45, 7) is 6.51. The molecule has 6 heteroatoms. The average molecular weight is 936 g/mol. The van der Waals surface area contributed by atoms with Gasteiger partial charge in [-0.25, -0.2) is 0 Å². The maximum absolute atomic E-state index is 12.8. The molecule has 0 heterocycles. The van der Waals surface area contributed by atoms with Crippen LogP contribution < -0.4 is 0 Å². The summed E-state index contributed by atoms with van der Waals surface area (Å²) in [5, 5.41) is 0. The first-order valence-corrected chi connectivity index (χ1v) is 28.4. The summed E-state index contributed by atoms with van der Waals surface area (Å²) in [5.41, 5.74) is 0. The third-order valence-corrected chi connectivity index (χ3v) is 12.2. The van der Waals surface area contributed by atoms with Gasteiger partial charge in [0.15, 0.2) is 6.10 Å². The first-order valence-electron chi connectivity index (χ1n) is 28.4. The van der Waals surface area contributed by atoms with E-state index in [0.29, 0.717) is 19.3 Å². The van der Waals surface area contributed by atoms with Gasteiger partial charge in [-0.05, 0) is 109 Å². The van der Waals surface area contributed by atoms with Crippen molar-refractivity contribution in [1.82, 2.24) is 0 Å². The molecule has 0 bridgehead atoms. The molecule has 0 aliphatic rings. The van der Waals surface area contributed by atoms with Crippen LogP contribution in [0.1, 0.15) is 278 Å². The molecule has 0 aromatic rings. The van der Waals surface area contributed by atoms with Crippen LogP contribution in [0.2, 0.25) is 0 Å². The van der Waals surface area contributed by atoms with Crippen LogP contribution in [0.5, 0.6) is 0 Å². The maximum Gasteiger partial charge on any atom is 0.306 e.